The molecule has 198 valence electrons. The molecule has 2 aromatic carbocycles. The van der Waals surface area contributed by atoms with Gasteiger partial charge in [-0.15, -0.1) is 0 Å². The van der Waals surface area contributed by atoms with E-state index in [1.54, 1.807) is 0 Å². The maximum atomic E-state index is 13.6. The molecule has 0 fully saturated rings. The Hall–Kier alpha value is -1.95. The van der Waals surface area contributed by atoms with Crippen LogP contribution in [0.4, 0.5) is 26.3 Å². The summed E-state index contributed by atoms with van der Waals surface area (Å²) in [4.78, 5) is 12.4. The fourth-order valence-electron chi connectivity index (χ4n) is 3.22. The molecular formula is C22H18Cl3F6NO3S. The summed E-state index contributed by atoms with van der Waals surface area (Å²) in [6.07, 6.45) is -7.59. The van der Waals surface area contributed by atoms with Crippen LogP contribution in [0.1, 0.15) is 34.3 Å². The average molecular weight is 597 g/mol. The monoisotopic (exact) mass is 595 g/mol. The van der Waals surface area contributed by atoms with Gasteiger partial charge in [0.05, 0.1) is 22.3 Å². The highest BCUT2D eigenvalue weighted by molar-refractivity contribution is 7.91. The number of sulfone groups is 1. The fourth-order valence-corrected chi connectivity index (χ4v) is 5.50. The van der Waals surface area contributed by atoms with Crippen LogP contribution in [-0.2, 0) is 9.84 Å². The Labute approximate surface area is 218 Å². The van der Waals surface area contributed by atoms with Crippen LogP contribution in [0, 0.1) is 0 Å². The van der Waals surface area contributed by atoms with Gasteiger partial charge in [0.15, 0.2) is 9.84 Å². The van der Waals surface area contributed by atoms with Gasteiger partial charge in [-0.05, 0) is 48.4 Å². The summed E-state index contributed by atoms with van der Waals surface area (Å²) < 4.78 is 101. The third kappa shape index (κ3) is 9.49. The second kappa shape index (κ2) is 11.6. The van der Waals surface area contributed by atoms with Crippen molar-refractivity contribution in [1.82, 2.24) is 5.32 Å². The SMILES string of the molecule is CC(CS(=O)(=O)CC(F)(F)F)NC(=O)c1ccc(/C=C/C(c2cc(Cl)cc(Cl)c2)C(F)(F)F)cc1Cl. The first-order chi connectivity index (χ1) is 16.4. The topological polar surface area (TPSA) is 63.2 Å². The van der Waals surface area contributed by atoms with Gasteiger partial charge >= 0.3 is 12.4 Å². The first-order valence-electron chi connectivity index (χ1n) is 9.95. The van der Waals surface area contributed by atoms with E-state index in [1.807, 2.05) is 0 Å². The molecule has 0 aliphatic heterocycles. The molecule has 0 spiro atoms. The molecule has 0 aromatic heterocycles. The van der Waals surface area contributed by atoms with Crippen molar-refractivity contribution in [1.29, 1.82) is 0 Å². The molecule has 0 radical (unpaired) electrons. The normalized spacial score (nSPS) is 14.6. The Morgan fingerprint density at radius 2 is 1.58 bits per heavy atom. The van der Waals surface area contributed by atoms with E-state index in [2.05, 4.69) is 5.32 Å². The van der Waals surface area contributed by atoms with Crippen molar-refractivity contribution in [2.45, 2.75) is 31.2 Å². The predicted octanol–water partition coefficient (Wildman–Crippen LogP) is 7.10. The van der Waals surface area contributed by atoms with Crippen molar-refractivity contribution in [3.05, 3.63) is 74.2 Å². The Kier molecular flexibility index (Phi) is 9.77. The summed E-state index contributed by atoms with van der Waals surface area (Å²) in [5.74, 6) is -5.90. The van der Waals surface area contributed by atoms with Gasteiger partial charge in [0.25, 0.3) is 5.91 Å². The molecule has 2 unspecified atom stereocenters. The molecule has 0 aliphatic rings. The van der Waals surface area contributed by atoms with Gasteiger partial charge in [0.1, 0.15) is 5.75 Å². The average Bonchev–Trinajstić information content (AvgIpc) is 2.63. The number of nitrogens with one attached hydrogen (secondary N) is 1. The number of allylic oxidation sites excluding steroid dienone is 1. The summed E-state index contributed by atoms with van der Waals surface area (Å²) in [5.41, 5.74) is -0.129. The van der Waals surface area contributed by atoms with E-state index < -0.39 is 51.6 Å². The maximum Gasteiger partial charge on any atom is 0.402 e. The fraction of sp³-hybridized carbons (Fsp3) is 0.318. The largest absolute Gasteiger partial charge is 0.402 e. The zero-order valence-electron chi connectivity index (χ0n) is 18.2. The molecule has 0 bridgehead atoms. The lowest BCUT2D eigenvalue weighted by Gasteiger charge is -2.18. The lowest BCUT2D eigenvalue weighted by Crippen LogP contribution is -2.39. The number of hydrogen-bond donors (Lipinski definition) is 1. The summed E-state index contributed by atoms with van der Waals surface area (Å²) in [7, 11) is -4.53. The molecule has 0 saturated carbocycles. The van der Waals surface area contributed by atoms with Crippen LogP contribution in [0.5, 0.6) is 0 Å². The summed E-state index contributed by atoms with van der Waals surface area (Å²) in [6.45, 7) is 1.20. The highest BCUT2D eigenvalue weighted by atomic mass is 35.5. The number of hydrogen-bond acceptors (Lipinski definition) is 3. The smallest absolute Gasteiger partial charge is 0.349 e. The lowest BCUT2D eigenvalue weighted by molar-refractivity contribution is -0.139. The van der Waals surface area contributed by atoms with Gasteiger partial charge in [-0.25, -0.2) is 8.42 Å². The van der Waals surface area contributed by atoms with E-state index in [1.165, 1.54) is 31.2 Å². The molecule has 0 aliphatic carbocycles. The molecule has 2 atom stereocenters. The predicted molar refractivity (Wildman–Crippen MR) is 127 cm³/mol. The van der Waals surface area contributed by atoms with Crippen LogP contribution in [-0.4, -0.2) is 44.2 Å². The number of halogens is 9. The third-order valence-corrected chi connectivity index (χ3v) is 7.10. The Morgan fingerprint density at radius 1 is 1.00 bits per heavy atom. The van der Waals surface area contributed by atoms with Crippen molar-refractivity contribution in [3.63, 3.8) is 0 Å². The zero-order valence-corrected chi connectivity index (χ0v) is 21.3. The maximum absolute atomic E-state index is 13.6. The standard InChI is InChI=1S/C22H18Cl3F6NO3S/c1-12(10-36(34,35)11-21(26,27)28)32-20(33)17-4-2-13(6-19(17)25)3-5-18(22(29,30)31)14-7-15(23)9-16(24)8-14/h2-9,12,18H,10-11H2,1H3,(H,32,33)/b5-3+. The van der Waals surface area contributed by atoms with Gasteiger partial charge in [0, 0.05) is 16.1 Å². The van der Waals surface area contributed by atoms with Crippen molar-refractivity contribution in [2.24, 2.45) is 0 Å². The van der Waals surface area contributed by atoms with E-state index in [9.17, 15) is 39.6 Å². The highest BCUT2D eigenvalue weighted by Crippen LogP contribution is 2.38. The van der Waals surface area contributed by atoms with Crippen LogP contribution in [0.3, 0.4) is 0 Å². The molecule has 1 amide bonds. The van der Waals surface area contributed by atoms with E-state index in [-0.39, 0.29) is 31.8 Å². The number of rotatable bonds is 8. The van der Waals surface area contributed by atoms with Crippen LogP contribution < -0.4 is 5.32 Å². The molecule has 1 N–H and O–H groups in total. The molecule has 2 rings (SSSR count). The molecule has 0 heterocycles. The second-order valence-electron chi connectivity index (χ2n) is 7.86. The first kappa shape index (κ1) is 30.3. The van der Waals surface area contributed by atoms with Crippen molar-refractivity contribution in [3.8, 4) is 0 Å². The first-order valence-corrected chi connectivity index (χ1v) is 12.9. The van der Waals surface area contributed by atoms with Crippen molar-refractivity contribution in [2.75, 3.05) is 11.5 Å². The molecule has 36 heavy (non-hydrogen) atoms. The number of carbonyl (C=O) groups is 1. The Balaban J connectivity index is 2.18. The summed E-state index contributed by atoms with van der Waals surface area (Å²) in [5, 5.41) is 2.12. The summed E-state index contributed by atoms with van der Waals surface area (Å²) >= 11 is 17.7. The van der Waals surface area contributed by atoms with Crippen molar-refractivity contribution >= 4 is 56.6 Å². The molecule has 14 heteroatoms. The van der Waals surface area contributed by atoms with Crippen molar-refractivity contribution < 1.29 is 39.6 Å². The minimum atomic E-state index is -4.92. The number of benzene rings is 2. The van der Waals surface area contributed by atoms with Gasteiger partial charge in [-0.3, -0.25) is 4.79 Å². The zero-order chi connectivity index (χ0) is 27.5. The Morgan fingerprint density at radius 3 is 2.08 bits per heavy atom. The minimum absolute atomic E-state index is 0.0268. The number of carbonyl (C=O) groups excluding carboxylic acids is 1. The quantitative estimate of drug-likeness (QED) is 0.331. The van der Waals surface area contributed by atoms with Gasteiger partial charge in [-0.2, -0.15) is 26.3 Å². The lowest BCUT2D eigenvalue weighted by atomic mass is 9.97. The van der Waals surface area contributed by atoms with E-state index in [0.29, 0.717) is 0 Å². The second-order valence-corrected chi connectivity index (χ2v) is 11.3. The van der Waals surface area contributed by atoms with Crippen LogP contribution in [0.2, 0.25) is 15.1 Å². The molecule has 4 nitrogen and oxygen atoms in total. The highest BCUT2D eigenvalue weighted by Gasteiger charge is 2.39. The Bertz CT molecular complexity index is 1230. The van der Waals surface area contributed by atoms with Crippen LogP contribution in [0.25, 0.3) is 6.08 Å². The van der Waals surface area contributed by atoms with E-state index in [0.717, 1.165) is 24.3 Å². The van der Waals surface area contributed by atoms with Gasteiger partial charge in [-0.1, -0.05) is 53.0 Å². The van der Waals surface area contributed by atoms with Gasteiger partial charge in [0.2, 0.25) is 0 Å². The summed E-state index contributed by atoms with van der Waals surface area (Å²) in [6, 6.07) is 6.07. The third-order valence-electron chi connectivity index (χ3n) is 4.58. The van der Waals surface area contributed by atoms with Crippen LogP contribution in [0.15, 0.2) is 42.5 Å². The molecule has 0 saturated heterocycles. The van der Waals surface area contributed by atoms with Crippen LogP contribution >= 0.6 is 34.8 Å². The van der Waals surface area contributed by atoms with Gasteiger partial charge < -0.3 is 5.32 Å². The molecule has 2 aromatic rings. The number of amides is 1. The number of alkyl halides is 6. The van der Waals surface area contributed by atoms with E-state index in [4.69, 9.17) is 34.8 Å². The van der Waals surface area contributed by atoms with E-state index >= 15 is 0 Å². The molecular weight excluding hydrogens is 579 g/mol. The minimum Gasteiger partial charge on any atom is -0.349 e.